The van der Waals surface area contributed by atoms with Gasteiger partial charge in [-0.2, -0.15) is 0 Å². The summed E-state index contributed by atoms with van der Waals surface area (Å²) in [5.74, 6) is 0. The molecule has 0 amide bonds. The van der Waals surface area contributed by atoms with E-state index in [9.17, 15) is 0 Å². The van der Waals surface area contributed by atoms with Crippen molar-refractivity contribution in [3.8, 4) is 0 Å². The van der Waals surface area contributed by atoms with E-state index >= 15 is 0 Å². The largest absolute Gasteiger partial charge is 0.0776 e. The van der Waals surface area contributed by atoms with Crippen LogP contribution in [0.25, 0.3) is 0 Å². The van der Waals surface area contributed by atoms with Crippen molar-refractivity contribution in [2.24, 2.45) is 0 Å². The van der Waals surface area contributed by atoms with Gasteiger partial charge >= 0.3 is 0 Å². The number of rotatable bonds is 0. The molecule has 0 unspecified atom stereocenters. The first kappa shape index (κ1) is 759. The van der Waals surface area contributed by atoms with Gasteiger partial charge in [0.05, 0.1) is 0 Å². The molecule has 0 aliphatic carbocycles. The minimum atomic E-state index is 0. The maximum Gasteiger partial charge on any atom is 0 e. The van der Waals surface area contributed by atoms with Gasteiger partial charge in [0.25, 0.3) is 0 Å². The fourth-order valence-corrected chi connectivity index (χ4v) is 0. The monoisotopic (exact) mass is 3280 g/mol. The molecule has 0 aromatic rings. The van der Waals surface area contributed by atoms with Gasteiger partial charge in [0.2, 0.25) is 0 Å². The van der Waals surface area contributed by atoms with Crippen molar-refractivity contribution in [1.29, 1.82) is 0 Å². The van der Waals surface area contributed by atoms with Crippen LogP contribution < -0.4 is 0 Å². The first-order valence-corrected chi connectivity index (χ1v) is 0. The van der Waals surface area contributed by atoms with Crippen LogP contribution in [0.4, 0.5) is 0 Å². The summed E-state index contributed by atoms with van der Waals surface area (Å²) in [7, 11) is 0. The Morgan fingerprint density at radius 2 is 0.0377 bits per heavy atom. The quantitative estimate of drug-likeness (QED) is 0.227. The zero-order valence-corrected chi connectivity index (χ0v) is 24.9. The van der Waals surface area contributed by atoms with E-state index in [1.807, 2.05) is 0 Å². The minimum Gasteiger partial charge on any atom is -0.0776 e. The molecule has 0 saturated carbocycles. The Kier molecular flexibility index (Phi) is 10100. The Bertz CT molecular complexity index is 37.0. The van der Waals surface area contributed by atoms with Gasteiger partial charge in [0.1, 0.15) is 0 Å². The van der Waals surface area contributed by atoms with Crippen molar-refractivity contribution in [1.82, 2.24) is 0 Å². The molecule has 0 saturated heterocycles. The van der Waals surface area contributed by atoms with Crippen molar-refractivity contribution in [2.75, 3.05) is 0 Å². The molecule has 0 N–H and O–H groups in total. The molecule has 0 aliphatic rings. The van der Waals surface area contributed by atoms with Gasteiger partial charge in [-0.25, -0.2) is 0 Å². The van der Waals surface area contributed by atoms with Crippen LogP contribution in [0.1, 0.15) is 319 Å². The summed E-state index contributed by atoms with van der Waals surface area (Å²) in [4.78, 5) is 0. The van der Waals surface area contributed by atoms with E-state index in [2.05, 4.69) is 0 Å². The molecule has 0 heterocycles. The smallest absolute Gasteiger partial charge is 0 e. The average Bonchev–Trinajstić information content (AvgIpc) is 0. The third kappa shape index (κ3) is 672. The molecule has 53 heavy (non-hydrogen) atoms. The van der Waals surface area contributed by atoms with E-state index in [0.29, 0.717) is 0 Å². The molecular formula is C43H172No10. The van der Waals surface area contributed by atoms with Crippen molar-refractivity contribution in [3.05, 3.63) is 0 Å². The summed E-state index contributed by atoms with van der Waals surface area (Å²) in [5.41, 5.74) is 0. The van der Waals surface area contributed by atoms with Crippen LogP contribution in [0.5, 0.6) is 0 Å². The van der Waals surface area contributed by atoms with E-state index in [1.165, 1.54) is 0 Å². The van der Waals surface area contributed by atoms with Gasteiger partial charge in [-0.15, -0.1) is 0 Å². The molecule has 0 radical (unpaired) electrons. The van der Waals surface area contributed by atoms with Crippen LogP contribution in [0.2, 0.25) is 0 Å². The van der Waals surface area contributed by atoms with E-state index < -0.39 is 0 Å². The maximum absolute atomic E-state index is 0. The van der Waals surface area contributed by atoms with E-state index in [4.69, 9.17) is 0 Å². The Hall–Kier alpha value is -10.0. The van der Waals surface area contributed by atoms with E-state index in [1.54, 1.807) is 0 Å². The third-order valence-corrected chi connectivity index (χ3v) is 0. The fraction of sp³-hybridized carbons (Fsp3) is 1.00. The minimum absolute atomic E-state index is 0. The molecule has 0 aromatic heterocycles. The van der Waals surface area contributed by atoms with Gasteiger partial charge in [-0.3, -0.25) is 0 Å². The summed E-state index contributed by atoms with van der Waals surface area (Å²) in [6.07, 6.45) is 0. The van der Waals surface area contributed by atoms with Crippen LogP contribution in [0, 0.1) is 0 Å². The van der Waals surface area contributed by atoms with Crippen molar-refractivity contribution >= 4 is 0 Å². The summed E-state index contributed by atoms with van der Waals surface area (Å²) in [6.45, 7) is 0. The van der Waals surface area contributed by atoms with Crippen molar-refractivity contribution in [2.45, 2.75) is 319 Å². The Morgan fingerprint density at radius 1 is 0.0377 bits per heavy atom. The summed E-state index contributed by atoms with van der Waals surface area (Å²) in [6, 6.07) is 0. The molecule has 10 heteroatoms. The molecule has 0 rings (SSSR count). The predicted octanol–water partition coefficient (Wildman–Crippen LogP) is 27.4. The van der Waals surface area contributed by atoms with Crippen LogP contribution in [-0.4, -0.2) is 0 Å². The van der Waals surface area contributed by atoms with Crippen LogP contribution >= 0.6 is 0 Å². The Morgan fingerprint density at radius 3 is 0.0377 bits per heavy atom. The van der Waals surface area contributed by atoms with Gasteiger partial charge in [-0.1, -0.05) is 319 Å². The molecule has 0 nitrogen and oxygen atoms in total. The maximum atomic E-state index is 0. The molecule has 0 bridgehead atoms. The number of hydrogen-bond acceptors (Lipinski definition) is 0. The SMILES string of the molecule is C.C.C.C.C.C.C.C.C.C.C.C.C.C.C.C.C.C.C.C.C.C.C.C.C.C.C.C.C.C.C.C.C.C.C.C.C.C.C.C.C.C.C.[No].[No].[No].[No].[No].[No].[No].[No].[No].[No]. The summed E-state index contributed by atoms with van der Waals surface area (Å²) >= 11 is 0. The normalized spacial score (nSPS) is 0. The third-order valence-electron chi connectivity index (χ3n) is 0. The number of hydrogen-bond donors (Lipinski definition) is 0. The second-order valence-electron chi connectivity index (χ2n) is 0. The van der Waals surface area contributed by atoms with Gasteiger partial charge in [0.15, 0.2) is 0 Å². The van der Waals surface area contributed by atoms with Gasteiger partial charge in [0, 0.05) is 0 Å². The standard InChI is InChI=1S/43CH4.10No/h43*1H4;;;;;;;;;;. The summed E-state index contributed by atoms with van der Waals surface area (Å²) in [5, 5.41) is 0. The zero-order valence-electron chi connectivity index (χ0n) is 2.67. The van der Waals surface area contributed by atoms with Gasteiger partial charge in [-0.05, 0) is 0 Å². The predicted molar refractivity (Wildman–Crippen MR) is 289 cm³/mol. The van der Waals surface area contributed by atoms with Crippen molar-refractivity contribution < 1.29 is 0 Å². The van der Waals surface area contributed by atoms with Crippen LogP contribution in [-0.2, 0) is 0 Å². The van der Waals surface area contributed by atoms with Crippen LogP contribution in [0.15, 0.2) is 0 Å². The molecular weight excluding hydrogens is 3110 g/mol. The molecule has 0 atom stereocenters. The second kappa shape index (κ2) is 706. The fourth-order valence-electron chi connectivity index (χ4n) is 0. The molecule has 0 aromatic carbocycles. The molecule has 0 spiro atoms. The Balaban J connectivity index is 0. The van der Waals surface area contributed by atoms with E-state index in [0.717, 1.165) is 0 Å². The zero-order chi connectivity index (χ0) is 0. The second-order valence-corrected chi connectivity index (χ2v) is 0. The van der Waals surface area contributed by atoms with E-state index in [-0.39, 0.29) is 319 Å². The summed E-state index contributed by atoms with van der Waals surface area (Å²) < 4.78 is 0. The van der Waals surface area contributed by atoms with Crippen LogP contribution in [0.3, 0.4) is 0 Å². The Labute approximate surface area is 318 Å². The molecule has 0 fully saturated rings. The molecule has 484 valence electrons. The van der Waals surface area contributed by atoms with Crippen molar-refractivity contribution in [3.63, 3.8) is 0 Å². The topological polar surface area (TPSA) is 0 Å². The first-order valence-electron chi connectivity index (χ1n) is 0. The molecule has 0 aliphatic heterocycles. The first-order chi connectivity index (χ1) is 0. The van der Waals surface area contributed by atoms with Gasteiger partial charge < -0.3 is 0 Å². The average molecular weight is 3280 g/mol.